The zero-order chi connectivity index (χ0) is 18.2. The average Bonchev–Trinajstić information content (AvgIpc) is 3.34. The summed E-state index contributed by atoms with van der Waals surface area (Å²) in [5.74, 6) is 0.712. The number of hydrogen-bond acceptors (Lipinski definition) is 6. The van der Waals surface area contributed by atoms with E-state index in [1.165, 1.54) is 0 Å². The van der Waals surface area contributed by atoms with Crippen LogP contribution < -0.4 is 0 Å². The van der Waals surface area contributed by atoms with Crippen LogP contribution in [0.15, 0.2) is 55.1 Å². The third-order valence-corrected chi connectivity index (χ3v) is 4.45. The van der Waals surface area contributed by atoms with E-state index in [-0.39, 0.29) is 0 Å². The summed E-state index contributed by atoms with van der Waals surface area (Å²) in [4.78, 5) is 13.5. The normalized spacial score (nSPS) is 11.4. The Labute approximate surface area is 154 Å². The molecule has 0 N–H and O–H groups in total. The highest BCUT2D eigenvalue weighted by atomic mass is 15.4. The van der Waals surface area contributed by atoms with Crippen LogP contribution in [-0.2, 0) is 13.0 Å². The lowest BCUT2D eigenvalue weighted by atomic mass is 10.2. The number of fused-ring (bicyclic) bond motifs is 2. The SMILES string of the molecule is CCn1cc(Cc2ncc3nnn(-c4ccc5ncccc5c4)c3n2)cn1. The van der Waals surface area contributed by atoms with Crippen LogP contribution in [-0.4, -0.2) is 39.7 Å². The van der Waals surface area contributed by atoms with E-state index in [0.717, 1.165) is 28.7 Å². The van der Waals surface area contributed by atoms with Crippen LogP contribution in [0.1, 0.15) is 18.3 Å². The first-order chi connectivity index (χ1) is 13.3. The number of nitrogens with zero attached hydrogens (tertiary/aromatic N) is 8. The molecular weight excluding hydrogens is 340 g/mol. The third kappa shape index (κ3) is 2.80. The average molecular weight is 356 g/mol. The molecule has 0 saturated heterocycles. The maximum atomic E-state index is 4.70. The lowest BCUT2D eigenvalue weighted by Gasteiger charge is -2.04. The van der Waals surface area contributed by atoms with E-state index in [1.54, 1.807) is 17.1 Å². The molecule has 0 aliphatic carbocycles. The summed E-state index contributed by atoms with van der Waals surface area (Å²) >= 11 is 0. The second-order valence-corrected chi connectivity index (χ2v) is 6.26. The molecule has 0 spiro atoms. The molecular formula is C19H16N8. The first kappa shape index (κ1) is 15.6. The molecule has 5 rings (SSSR count). The highest BCUT2D eigenvalue weighted by molar-refractivity contribution is 5.81. The maximum Gasteiger partial charge on any atom is 0.187 e. The molecule has 4 heterocycles. The minimum absolute atomic E-state index is 0.614. The van der Waals surface area contributed by atoms with Crippen molar-refractivity contribution < 1.29 is 0 Å². The standard InChI is InChI=1S/C19H16N8/c1-2-26-12-13(10-22-26)8-18-21-11-17-19(23-18)27(25-24-17)15-5-6-16-14(9-15)4-3-7-20-16/h3-7,9-12H,2,8H2,1H3. The van der Waals surface area contributed by atoms with Crippen molar-refractivity contribution in [3.05, 3.63) is 66.5 Å². The fraction of sp³-hybridized carbons (Fsp3) is 0.158. The Balaban J connectivity index is 1.56. The van der Waals surface area contributed by atoms with Crippen LogP contribution in [0, 0.1) is 0 Å². The highest BCUT2D eigenvalue weighted by Crippen LogP contribution is 2.19. The summed E-state index contributed by atoms with van der Waals surface area (Å²) in [7, 11) is 0. The van der Waals surface area contributed by atoms with Gasteiger partial charge in [0.15, 0.2) is 11.2 Å². The summed E-state index contributed by atoms with van der Waals surface area (Å²) in [6.07, 6.45) is 7.98. The Morgan fingerprint density at radius 1 is 1.04 bits per heavy atom. The Morgan fingerprint density at radius 2 is 2.00 bits per heavy atom. The van der Waals surface area contributed by atoms with Gasteiger partial charge in [-0.2, -0.15) is 9.78 Å². The summed E-state index contributed by atoms with van der Waals surface area (Å²) in [6, 6.07) is 9.92. The third-order valence-electron chi connectivity index (χ3n) is 4.45. The van der Waals surface area contributed by atoms with Crippen molar-refractivity contribution in [2.75, 3.05) is 0 Å². The Kier molecular flexibility index (Phi) is 3.60. The molecule has 0 saturated carbocycles. The molecule has 0 unspecified atom stereocenters. The molecule has 0 amide bonds. The van der Waals surface area contributed by atoms with Crippen LogP contribution in [0.4, 0.5) is 0 Å². The van der Waals surface area contributed by atoms with Gasteiger partial charge in [-0.15, -0.1) is 5.10 Å². The van der Waals surface area contributed by atoms with Crippen LogP contribution in [0.3, 0.4) is 0 Å². The molecule has 1 aromatic carbocycles. The molecule has 8 heteroatoms. The van der Waals surface area contributed by atoms with Crippen molar-refractivity contribution in [3.8, 4) is 5.69 Å². The van der Waals surface area contributed by atoms with Gasteiger partial charge in [0.25, 0.3) is 0 Å². The van der Waals surface area contributed by atoms with Crippen molar-refractivity contribution >= 4 is 22.1 Å². The lowest BCUT2D eigenvalue weighted by Crippen LogP contribution is -2.01. The zero-order valence-corrected chi connectivity index (χ0v) is 14.7. The van der Waals surface area contributed by atoms with Crippen molar-refractivity contribution in [1.82, 2.24) is 39.7 Å². The predicted octanol–water partition coefficient (Wildman–Crippen LogP) is 2.57. The van der Waals surface area contributed by atoms with Crippen molar-refractivity contribution in [2.24, 2.45) is 0 Å². The van der Waals surface area contributed by atoms with Crippen LogP contribution in [0.5, 0.6) is 0 Å². The Hall–Kier alpha value is -3.68. The lowest BCUT2D eigenvalue weighted by molar-refractivity contribution is 0.659. The first-order valence-corrected chi connectivity index (χ1v) is 8.74. The zero-order valence-electron chi connectivity index (χ0n) is 14.7. The maximum absolute atomic E-state index is 4.70. The largest absolute Gasteiger partial charge is 0.273 e. The quantitative estimate of drug-likeness (QED) is 0.492. The van der Waals surface area contributed by atoms with Gasteiger partial charge in [-0.25, -0.2) is 9.97 Å². The second kappa shape index (κ2) is 6.24. The van der Waals surface area contributed by atoms with E-state index in [9.17, 15) is 0 Å². The summed E-state index contributed by atoms with van der Waals surface area (Å²) in [5, 5.41) is 13.8. The van der Waals surface area contributed by atoms with E-state index in [2.05, 4.69) is 32.3 Å². The number of aromatic nitrogens is 8. The molecule has 0 aliphatic rings. The molecule has 0 radical (unpaired) electrons. The number of aryl methyl sites for hydroxylation is 1. The first-order valence-electron chi connectivity index (χ1n) is 8.74. The Morgan fingerprint density at radius 3 is 2.89 bits per heavy atom. The van der Waals surface area contributed by atoms with Gasteiger partial charge in [0.05, 0.1) is 23.6 Å². The van der Waals surface area contributed by atoms with Gasteiger partial charge in [0.1, 0.15) is 5.82 Å². The van der Waals surface area contributed by atoms with Gasteiger partial charge in [0.2, 0.25) is 0 Å². The van der Waals surface area contributed by atoms with Gasteiger partial charge in [-0.3, -0.25) is 9.67 Å². The molecule has 4 aromatic heterocycles. The summed E-state index contributed by atoms with van der Waals surface area (Å²) in [5.41, 5.74) is 4.25. The predicted molar refractivity (Wildman–Crippen MR) is 100 cm³/mol. The fourth-order valence-electron chi connectivity index (χ4n) is 3.07. The molecule has 8 nitrogen and oxygen atoms in total. The second-order valence-electron chi connectivity index (χ2n) is 6.26. The van der Waals surface area contributed by atoms with Gasteiger partial charge in [-0.05, 0) is 36.8 Å². The molecule has 0 aliphatic heterocycles. The molecule has 0 bridgehead atoms. The van der Waals surface area contributed by atoms with Crippen LogP contribution in [0.25, 0.3) is 27.8 Å². The number of hydrogen-bond donors (Lipinski definition) is 0. The fourth-order valence-corrected chi connectivity index (χ4v) is 3.07. The van der Waals surface area contributed by atoms with Crippen molar-refractivity contribution in [3.63, 3.8) is 0 Å². The smallest absolute Gasteiger partial charge is 0.187 e. The minimum atomic E-state index is 0.614. The van der Waals surface area contributed by atoms with Crippen molar-refractivity contribution in [2.45, 2.75) is 19.9 Å². The topological polar surface area (TPSA) is 87.2 Å². The van der Waals surface area contributed by atoms with Gasteiger partial charge >= 0.3 is 0 Å². The summed E-state index contributed by atoms with van der Waals surface area (Å²) < 4.78 is 3.63. The van der Waals surface area contributed by atoms with Crippen LogP contribution in [0.2, 0.25) is 0 Å². The van der Waals surface area contributed by atoms with Gasteiger partial charge in [-0.1, -0.05) is 11.3 Å². The highest BCUT2D eigenvalue weighted by Gasteiger charge is 2.11. The van der Waals surface area contributed by atoms with E-state index < -0.39 is 0 Å². The van der Waals surface area contributed by atoms with E-state index in [0.29, 0.717) is 23.4 Å². The minimum Gasteiger partial charge on any atom is -0.273 e. The van der Waals surface area contributed by atoms with E-state index in [4.69, 9.17) is 4.98 Å². The van der Waals surface area contributed by atoms with Crippen LogP contribution >= 0.6 is 0 Å². The number of rotatable bonds is 4. The van der Waals surface area contributed by atoms with Crippen molar-refractivity contribution in [1.29, 1.82) is 0 Å². The number of benzene rings is 1. The molecule has 27 heavy (non-hydrogen) atoms. The van der Waals surface area contributed by atoms with E-state index >= 15 is 0 Å². The molecule has 0 atom stereocenters. The monoisotopic (exact) mass is 356 g/mol. The van der Waals surface area contributed by atoms with Gasteiger partial charge < -0.3 is 0 Å². The van der Waals surface area contributed by atoms with Gasteiger partial charge in [0, 0.05) is 30.7 Å². The number of pyridine rings is 1. The Bertz CT molecular complexity index is 1250. The van der Waals surface area contributed by atoms with E-state index in [1.807, 2.05) is 47.4 Å². The summed E-state index contributed by atoms with van der Waals surface area (Å²) in [6.45, 7) is 2.90. The molecule has 132 valence electrons. The molecule has 0 fully saturated rings. The molecule has 5 aromatic rings.